The molecule has 0 heterocycles. The van der Waals surface area contributed by atoms with Crippen LogP contribution in [0.5, 0.6) is 5.75 Å². The molecule has 0 radical (unpaired) electrons. The first kappa shape index (κ1) is 13.6. The predicted octanol–water partition coefficient (Wildman–Crippen LogP) is 2.58. The smallest absolute Gasteiger partial charge is 0.322 e. The van der Waals surface area contributed by atoms with E-state index in [1.54, 1.807) is 24.3 Å². The first-order valence-corrected chi connectivity index (χ1v) is 5.43. The Morgan fingerprint density at radius 2 is 1.44 bits per heavy atom. The summed E-state index contributed by atoms with van der Waals surface area (Å²) in [5.41, 5.74) is 0.829. The van der Waals surface area contributed by atoms with Crippen molar-refractivity contribution in [1.82, 2.24) is 0 Å². The van der Waals surface area contributed by atoms with Gasteiger partial charge in [-0.1, -0.05) is 36.4 Å². The first-order chi connectivity index (χ1) is 8.68. The van der Waals surface area contributed by atoms with Crippen LogP contribution in [0.2, 0.25) is 0 Å². The highest BCUT2D eigenvalue weighted by Gasteiger charge is 1.94. The molecule has 0 spiro atoms. The van der Waals surface area contributed by atoms with Crippen LogP contribution in [-0.2, 0) is 4.79 Å². The molecule has 3 N–H and O–H groups in total. The second-order valence-corrected chi connectivity index (χ2v) is 3.45. The van der Waals surface area contributed by atoms with Gasteiger partial charge in [0.05, 0.1) is 0 Å². The van der Waals surface area contributed by atoms with Gasteiger partial charge in [0.15, 0.2) is 0 Å². The zero-order valence-electron chi connectivity index (χ0n) is 9.78. The Balaban J connectivity index is 0.000000199. The summed E-state index contributed by atoms with van der Waals surface area (Å²) in [4.78, 5) is 10.1. The highest BCUT2D eigenvalue weighted by atomic mass is 16.4. The predicted molar refractivity (Wildman–Crippen MR) is 70.7 cm³/mol. The lowest BCUT2D eigenvalue weighted by molar-refractivity contribution is -0.134. The van der Waals surface area contributed by atoms with Crippen LogP contribution >= 0.6 is 0 Å². The second kappa shape index (κ2) is 7.73. The summed E-state index contributed by atoms with van der Waals surface area (Å²) in [6.07, 6.45) is 0. The Bertz CT molecular complexity index is 457. The fourth-order valence-electron chi connectivity index (χ4n) is 1.16. The van der Waals surface area contributed by atoms with E-state index in [2.05, 4.69) is 5.32 Å². The molecular formula is C14H15NO3. The van der Waals surface area contributed by atoms with Crippen molar-refractivity contribution in [3.8, 4) is 5.75 Å². The summed E-state index contributed by atoms with van der Waals surface area (Å²) in [5, 5.41) is 19.7. The zero-order valence-corrected chi connectivity index (χ0v) is 9.78. The fourth-order valence-corrected chi connectivity index (χ4v) is 1.16. The molecule has 0 amide bonds. The quantitative estimate of drug-likeness (QED) is 0.777. The van der Waals surface area contributed by atoms with Gasteiger partial charge < -0.3 is 15.5 Å². The number of benzene rings is 2. The van der Waals surface area contributed by atoms with Gasteiger partial charge in [0.2, 0.25) is 0 Å². The van der Waals surface area contributed by atoms with E-state index in [-0.39, 0.29) is 6.54 Å². The van der Waals surface area contributed by atoms with Crippen LogP contribution in [0.3, 0.4) is 0 Å². The molecule has 0 saturated heterocycles. The maximum atomic E-state index is 10.1. The van der Waals surface area contributed by atoms with Gasteiger partial charge in [0, 0.05) is 5.69 Å². The topological polar surface area (TPSA) is 69.6 Å². The molecule has 94 valence electrons. The number of rotatable bonds is 3. The van der Waals surface area contributed by atoms with E-state index in [0.29, 0.717) is 5.75 Å². The van der Waals surface area contributed by atoms with Crippen molar-refractivity contribution < 1.29 is 15.0 Å². The van der Waals surface area contributed by atoms with Crippen LogP contribution in [0.1, 0.15) is 0 Å². The Labute approximate surface area is 106 Å². The van der Waals surface area contributed by atoms with Gasteiger partial charge in [-0.3, -0.25) is 4.79 Å². The Kier molecular flexibility index (Phi) is 5.83. The van der Waals surface area contributed by atoms with E-state index in [1.165, 1.54) is 0 Å². The number of carbonyl (C=O) groups is 1. The summed E-state index contributed by atoms with van der Waals surface area (Å²) >= 11 is 0. The van der Waals surface area contributed by atoms with Gasteiger partial charge in [-0.25, -0.2) is 0 Å². The fraction of sp³-hybridized carbons (Fsp3) is 0.0714. The number of hydrogen-bond acceptors (Lipinski definition) is 3. The molecule has 0 aliphatic heterocycles. The number of phenolic OH excluding ortho intramolecular Hbond substituents is 1. The van der Waals surface area contributed by atoms with Gasteiger partial charge in [0.25, 0.3) is 0 Å². The Morgan fingerprint density at radius 3 is 1.83 bits per heavy atom. The van der Waals surface area contributed by atoms with Crippen molar-refractivity contribution in [3.05, 3.63) is 60.7 Å². The van der Waals surface area contributed by atoms with E-state index in [0.717, 1.165) is 5.69 Å². The van der Waals surface area contributed by atoms with E-state index < -0.39 is 5.97 Å². The average molecular weight is 245 g/mol. The number of hydrogen-bond donors (Lipinski definition) is 3. The van der Waals surface area contributed by atoms with Gasteiger partial charge in [-0.2, -0.15) is 0 Å². The number of aliphatic carboxylic acids is 1. The molecule has 18 heavy (non-hydrogen) atoms. The van der Waals surface area contributed by atoms with Crippen molar-refractivity contribution >= 4 is 11.7 Å². The molecular weight excluding hydrogens is 230 g/mol. The lowest BCUT2D eigenvalue weighted by Gasteiger charge is -2.00. The maximum absolute atomic E-state index is 10.1. The number of phenols is 1. The third kappa shape index (κ3) is 6.17. The lowest BCUT2D eigenvalue weighted by Crippen LogP contribution is -2.11. The number of aromatic hydroxyl groups is 1. The van der Waals surface area contributed by atoms with Crippen LogP contribution in [0, 0.1) is 0 Å². The highest BCUT2D eigenvalue weighted by molar-refractivity contribution is 5.72. The number of nitrogens with one attached hydrogen (secondary N) is 1. The molecule has 2 aromatic carbocycles. The van der Waals surface area contributed by atoms with E-state index >= 15 is 0 Å². The third-order valence-electron chi connectivity index (χ3n) is 1.97. The molecule has 0 unspecified atom stereocenters. The monoisotopic (exact) mass is 245 g/mol. The van der Waals surface area contributed by atoms with Gasteiger partial charge in [0.1, 0.15) is 12.3 Å². The minimum Gasteiger partial charge on any atom is -0.508 e. The number of carboxylic acids is 1. The Morgan fingerprint density at radius 1 is 0.944 bits per heavy atom. The summed E-state index contributed by atoms with van der Waals surface area (Å²) in [6, 6.07) is 17.9. The third-order valence-corrected chi connectivity index (χ3v) is 1.97. The molecule has 2 rings (SSSR count). The van der Waals surface area contributed by atoms with Crippen molar-refractivity contribution in [1.29, 1.82) is 0 Å². The first-order valence-electron chi connectivity index (χ1n) is 5.43. The Hall–Kier alpha value is -2.49. The molecule has 0 aliphatic rings. The van der Waals surface area contributed by atoms with Gasteiger partial charge in [-0.05, 0) is 24.3 Å². The van der Waals surface area contributed by atoms with Crippen LogP contribution < -0.4 is 5.32 Å². The summed E-state index contributed by atoms with van der Waals surface area (Å²) in [5.74, 6) is -0.531. The van der Waals surface area contributed by atoms with Gasteiger partial charge in [-0.15, -0.1) is 0 Å². The molecule has 0 aliphatic carbocycles. The molecule has 0 fully saturated rings. The number of carboxylic acid groups (broad SMARTS) is 1. The summed E-state index contributed by atoms with van der Waals surface area (Å²) in [6.45, 7) is -0.0377. The van der Waals surface area contributed by atoms with Crippen LogP contribution in [-0.4, -0.2) is 22.7 Å². The average Bonchev–Trinajstić information content (AvgIpc) is 2.39. The van der Waals surface area contributed by atoms with Crippen molar-refractivity contribution in [3.63, 3.8) is 0 Å². The summed E-state index contributed by atoms with van der Waals surface area (Å²) < 4.78 is 0. The number of para-hydroxylation sites is 2. The maximum Gasteiger partial charge on any atom is 0.322 e. The summed E-state index contributed by atoms with van der Waals surface area (Å²) in [7, 11) is 0. The standard InChI is InChI=1S/C8H9NO2.C6H6O/c10-8(11)6-9-7-4-2-1-3-5-7;7-6-4-2-1-3-5-6/h1-5,9H,6H2,(H,10,11);1-5,7H. The van der Waals surface area contributed by atoms with E-state index in [1.807, 2.05) is 36.4 Å². The van der Waals surface area contributed by atoms with Crippen molar-refractivity contribution in [2.45, 2.75) is 0 Å². The highest BCUT2D eigenvalue weighted by Crippen LogP contribution is 2.03. The van der Waals surface area contributed by atoms with Crippen molar-refractivity contribution in [2.24, 2.45) is 0 Å². The molecule has 0 saturated carbocycles. The molecule has 0 atom stereocenters. The largest absolute Gasteiger partial charge is 0.508 e. The molecule has 0 aromatic heterocycles. The van der Waals surface area contributed by atoms with E-state index in [9.17, 15) is 4.79 Å². The molecule has 0 bridgehead atoms. The zero-order chi connectivity index (χ0) is 13.2. The minimum absolute atomic E-state index is 0.0377. The van der Waals surface area contributed by atoms with E-state index in [4.69, 9.17) is 10.2 Å². The normalized spacial score (nSPS) is 8.89. The lowest BCUT2D eigenvalue weighted by atomic mass is 10.3. The minimum atomic E-state index is -0.853. The molecule has 4 heteroatoms. The molecule has 2 aromatic rings. The molecule has 4 nitrogen and oxygen atoms in total. The van der Waals surface area contributed by atoms with Crippen molar-refractivity contribution in [2.75, 3.05) is 11.9 Å². The van der Waals surface area contributed by atoms with Crippen LogP contribution in [0.15, 0.2) is 60.7 Å². The van der Waals surface area contributed by atoms with Crippen LogP contribution in [0.4, 0.5) is 5.69 Å². The number of anilines is 1. The SMILES string of the molecule is O=C(O)CNc1ccccc1.Oc1ccccc1. The second-order valence-electron chi connectivity index (χ2n) is 3.45. The van der Waals surface area contributed by atoms with Crippen LogP contribution in [0.25, 0.3) is 0 Å². The van der Waals surface area contributed by atoms with Gasteiger partial charge >= 0.3 is 5.97 Å².